The van der Waals surface area contributed by atoms with Crippen molar-refractivity contribution in [3.8, 4) is 0 Å². The van der Waals surface area contributed by atoms with E-state index in [1.807, 2.05) is 0 Å². The van der Waals surface area contributed by atoms with Crippen LogP contribution in [0.25, 0.3) is 0 Å². The van der Waals surface area contributed by atoms with Crippen LogP contribution in [0.4, 0.5) is 0 Å². The van der Waals surface area contributed by atoms with Crippen molar-refractivity contribution < 1.29 is 9.47 Å². The average molecular weight is 291 g/mol. The zero-order chi connectivity index (χ0) is 13.2. The summed E-state index contributed by atoms with van der Waals surface area (Å²) in [6.45, 7) is 1.53. The Kier molecular flexibility index (Phi) is 1.67. The summed E-state index contributed by atoms with van der Waals surface area (Å²) in [6, 6.07) is 0. The van der Waals surface area contributed by atoms with Crippen molar-refractivity contribution in [3.63, 3.8) is 0 Å². The van der Waals surface area contributed by atoms with Crippen LogP contribution >= 0.6 is 12.2 Å². The summed E-state index contributed by atoms with van der Waals surface area (Å²) in [5.74, 6) is 5.22. The van der Waals surface area contributed by atoms with Gasteiger partial charge >= 0.3 is 0 Å². The molecule has 106 valence electrons. The zero-order valence-corrected chi connectivity index (χ0v) is 11.8. The van der Waals surface area contributed by atoms with E-state index < -0.39 is 0 Å². The number of hydrazone groups is 1. The summed E-state index contributed by atoms with van der Waals surface area (Å²) in [5.41, 5.74) is 9.69. The number of rotatable bonds is 1. The van der Waals surface area contributed by atoms with Gasteiger partial charge in [-0.3, -0.25) is 5.43 Å². The highest BCUT2D eigenvalue weighted by atomic mass is 32.1. The molecule has 5 saturated carbocycles. The highest BCUT2D eigenvalue weighted by Crippen LogP contribution is 2.85. The lowest BCUT2D eigenvalue weighted by atomic mass is 9.58. The van der Waals surface area contributed by atoms with E-state index in [-0.39, 0.29) is 10.9 Å². The maximum atomic E-state index is 6.19. The number of nitrogens with zero attached hydrogens (tertiary/aromatic N) is 1. The van der Waals surface area contributed by atoms with Crippen molar-refractivity contribution in [1.29, 1.82) is 0 Å². The number of hydrogen-bond donors (Lipinski definition) is 2. The van der Waals surface area contributed by atoms with E-state index in [9.17, 15) is 0 Å². The van der Waals surface area contributed by atoms with E-state index in [1.54, 1.807) is 0 Å². The minimum Gasteiger partial charge on any atom is -0.375 e. The van der Waals surface area contributed by atoms with Gasteiger partial charge in [0, 0.05) is 29.4 Å². The van der Waals surface area contributed by atoms with Crippen LogP contribution in [0.2, 0.25) is 0 Å². The van der Waals surface area contributed by atoms with Crippen LogP contribution in [0.1, 0.15) is 6.42 Å². The van der Waals surface area contributed by atoms with Gasteiger partial charge in [-0.25, -0.2) is 0 Å². The number of nitrogens with two attached hydrogens (primary N) is 1. The molecule has 8 atom stereocenters. The standard InChI is InChI=1S/C14H17N3O2S/c15-13(20)17-16-12-8-4-3-5-7-6(4)9(12)11(7)14(10(5)8)18-1-2-19-14/h4-11H,1-3H2,(H3,15,17,20)/t4-,5-,6+,7+,8+,9+,10+,11+/m0/s1. The molecule has 1 heterocycles. The van der Waals surface area contributed by atoms with Crippen molar-refractivity contribution in [2.45, 2.75) is 12.2 Å². The number of nitrogens with one attached hydrogen (secondary N) is 1. The van der Waals surface area contributed by atoms with Gasteiger partial charge in [-0.1, -0.05) is 0 Å². The van der Waals surface area contributed by atoms with Crippen LogP contribution in [0.5, 0.6) is 0 Å². The van der Waals surface area contributed by atoms with Crippen LogP contribution in [0, 0.1) is 47.3 Å². The van der Waals surface area contributed by atoms with Gasteiger partial charge in [0.05, 0.1) is 13.2 Å². The summed E-state index contributed by atoms with van der Waals surface area (Å²) >= 11 is 4.89. The fraction of sp³-hybridized carbons (Fsp3) is 0.857. The van der Waals surface area contributed by atoms with Crippen LogP contribution in [0.15, 0.2) is 5.10 Å². The molecule has 0 amide bonds. The molecule has 2 bridgehead atoms. The molecular weight excluding hydrogens is 274 g/mol. The normalized spacial score (nSPS) is 59.9. The summed E-state index contributed by atoms with van der Waals surface area (Å²) in [4.78, 5) is 0. The third-order valence-corrected chi connectivity index (χ3v) is 7.24. The first-order valence-corrected chi connectivity index (χ1v) is 8.06. The Balaban J connectivity index is 1.49. The van der Waals surface area contributed by atoms with Crippen LogP contribution in [-0.2, 0) is 9.47 Å². The van der Waals surface area contributed by atoms with Crippen molar-refractivity contribution in [3.05, 3.63) is 0 Å². The van der Waals surface area contributed by atoms with Gasteiger partial charge in [0.15, 0.2) is 10.9 Å². The minimum absolute atomic E-state index is 0.255. The molecule has 5 nitrogen and oxygen atoms in total. The number of hydrogen-bond acceptors (Lipinski definition) is 4. The van der Waals surface area contributed by atoms with E-state index >= 15 is 0 Å². The Morgan fingerprint density at radius 2 is 2.00 bits per heavy atom. The third-order valence-electron chi connectivity index (χ3n) is 7.15. The first-order chi connectivity index (χ1) is 9.74. The number of thiocarbonyl (C=S) groups is 1. The Morgan fingerprint density at radius 1 is 1.20 bits per heavy atom. The highest BCUT2D eigenvalue weighted by molar-refractivity contribution is 7.80. The van der Waals surface area contributed by atoms with E-state index in [2.05, 4.69) is 10.5 Å². The van der Waals surface area contributed by atoms with E-state index in [4.69, 9.17) is 27.4 Å². The summed E-state index contributed by atoms with van der Waals surface area (Å²) in [7, 11) is 0. The molecule has 6 fully saturated rings. The van der Waals surface area contributed by atoms with E-state index in [1.165, 1.54) is 12.1 Å². The number of ether oxygens (including phenoxy) is 2. The molecule has 6 aliphatic rings. The molecule has 6 heteroatoms. The van der Waals surface area contributed by atoms with Gasteiger partial charge in [0.1, 0.15) is 0 Å². The first-order valence-electron chi connectivity index (χ1n) is 7.65. The van der Waals surface area contributed by atoms with Crippen LogP contribution in [-0.4, -0.2) is 29.8 Å². The molecule has 1 saturated heterocycles. The maximum absolute atomic E-state index is 6.19. The molecule has 20 heavy (non-hydrogen) atoms. The smallest absolute Gasteiger partial charge is 0.184 e. The third kappa shape index (κ3) is 0.853. The molecule has 0 unspecified atom stereocenters. The lowest BCUT2D eigenvalue weighted by molar-refractivity contribution is -0.240. The molecule has 6 rings (SSSR count). The summed E-state index contributed by atoms with van der Waals surface area (Å²) in [6.07, 6.45) is 1.36. The van der Waals surface area contributed by atoms with E-state index in [0.717, 1.165) is 36.9 Å². The van der Waals surface area contributed by atoms with Crippen LogP contribution < -0.4 is 11.2 Å². The SMILES string of the molecule is NC(=S)NN=C1[C@@H]2[C@H]3C[C@H]4[C@@H]5[C@@H]3[C@@H]1[C@@H]5C1(OCCO1)[C@H]42. The second-order valence-electron chi connectivity index (χ2n) is 7.25. The Morgan fingerprint density at radius 3 is 2.75 bits per heavy atom. The molecular formula is C14H17N3O2S. The highest BCUT2D eigenvalue weighted by Gasteiger charge is 2.88. The number of fused-ring (bicyclic) bond motifs is 4. The van der Waals surface area contributed by atoms with Gasteiger partial charge in [0.25, 0.3) is 0 Å². The topological polar surface area (TPSA) is 68.9 Å². The Labute approximate surface area is 122 Å². The van der Waals surface area contributed by atoms with Crippen molar-refractivity contribution in [2.75, 3.05) is 13.2 Å². The quantitative estimate of drug-likeness (QED) is 0.537. The first kappa shape index (κ1) is 10.9. The second-order valence-corrected chi connectivity index (χ2v) is 7.69. The van der Waals surface area contributed by atoms with Gasteiger partial charge in [-0.2, -0.15) is 5.10 Å². The Bertz CT molecular complexity index is 573. The fourth-order valence-corrected chi connectivity index (χ4v) is 7.29. The molecule has 3 N–H and O–H groups in total. The minimum atomic E-state index is -0.255. The lowest BCUT2D eigenvalue weighted by Crippen LogP contribution is -2.58. The molecule has 0 aromatic carbocycles. The van der Waals surface area contributed by atoms with Gasteiger partial charge < -0.3 is 15.2 Å². The maximum Gasteiger partial charge on any atom is 0.184 e. The molecule has 0 radical (unpaired) electrons. The molecule has 1 spiro atoms. The summed E-state index contributed by atoms with van der Waals surface area (Å²) in [5, 5.41) is 4.85. The monoisotopic (exact) mass is 291 g/mol. The van der Waals surface area contributed by atoms with Crippen molar-refractivity contribution in [1.82, 2.24) is 5.43 Å². The predicted molar refractivity (Wildman–Crippen MR) is 74.5 cm³/mol. The average Bonchev–Trinajstić information content (AvgIpc) is 3.04. The summed E-state index contributed by atoms with van der Waals surface area (Å²) < 4.78 is 12.4. The van der Waals surface area contributed by atoms with Crippen molar-refractivity contribution in [2.24, 2.45) is 58.2 Å². The van der Waals surface area contributed by atoms with Gasteiger partial charge in [-0.05, 0) is 42.3 Å². The van der Waals surface area contributed by atoms with Crippen LogP contribution in [0.3, 0.4) is 0 Å². The van der Waals surface area contributed by atoms with Gasteiger partial charge in [0.2, 0.25) is 0 Å². The fourth-order valence-electron chi connectivity index (χ4n) is 7.24. The van der Waals surface area contributed by atoms with E-state index in [0.29, 0.717) is 23.7 Å². The predicted octanol–water partition coefficient (Wildman–Crippen LogP) is 0.306. The van der Waals surface area contributed by atoms with Gasteiger partial charge in [-0.15, -0.1) is 0 Å². The Hall–Kier alpha value is -0.720. The zero-order valence-electron chi connectivity index (χ0n) is 11.0. The molecule has 0 aromatic heterocycles. The lowest BCUT2D eigenvalue weighted by Gasteiger charge is -2.51. The largest absolute Gasteiger partial charge is 0.375 e. The molecule has 1 aliphatic heterocycles. The van der Waals surface area contributed by atoms with Crippen molar-refractivity contribution >= 4 is 23.0 Å². The molecule has 5 aliphatic carbocycles. The molecule has 0 aromatic rings. The second kappa shape index (κ2) is 3.05.